The monoisotopic (exact) mass is 1460 g/mol. The lowest BCUT2D eigenvalue weighted by molar-refractivity contribution is -0.205. The molecule has 2 saturated carbocycles. The van der Waals surface area contributed by atoms with Crippen molar-refractivity contribution in [3.05, 3.63) is 0 Å². The van der Waals surface area contributed by atoms with E-state index in [0.717, 1.165) is 90.2 Å². The number of nitrogens with zero attached hydrogens (tertiary/aromatic N) is 8. The Kier molecular flexibility index (Phi) is 35.6. The van der Waals surface area contributed by atoms with Crippen molar-refractivity contribution >= 4 is 70.9 Å². The second-order valence-corrected chi connectivity index (χ2v) is 31.4. The first kappa shape index (κ1) is 88.7. The third kappa shape index (κ3) is 25.8. The van der Waals surface area contributed by atoms with E-state index in [9.17, 15) is 56.9 Å². The highest BCUT2D eigenvalue weighted by Gasteiger charge is 2.46. The Morgan fingerprint density at radius 1 is 0.505 bits per heavy atom. The van der Waals surface area contributed by atoms with Gasteiger partial charge in [0.25, 0.3) is 0 Å². The maximum Gasteiger partial charge on any atom is 0.414 e. The molecule has 2 heterocycles. The van der Waals surface area contributed by atoms with Crippen LogP contribution in [0.2, 0.25) is 0 Å². The van der Waals surface area contributed by atoms with E-state index in [4.69, 9.17) is 0 Å². The van der Waals surface area contributed by atoms with Gasteiger partial charge in [-0.2, -0.15) is 13.2 Å². The van der Waals surface area contributed by atoms with Gasteiger partial charge in [0, 0.05) is 62.4 Å². The molecule has 588 valence electrons. The zero-order valence-corrected chi connectivity index (χ0v) is 64.8. The molecule has 0 aromatic heterocycles. The molecule has 13 atom stereocenters. The summed E-state index contributed by atoms with van der Waals surface area (Å²) in [5, 5.41) is 32.4. The number of hydrogen-bond acceptors (Lipinski definition) is 14. The number of alkyl halides is 3. The van der Waals surface area contributed by atoms with E-state index in [-0.39, 0.29) is 61.7 Å². The fraction of sp³-hybridized carbons (Fsp3) is 0.838. The fourth-order valence-electron chi connectivity index (χ4n) is 14.8. The summed E-state index contributed by atoms with van der Waals surface area (Å²) in [6, 6.07) is -14.1. The number of amides is 12. The van der Waals surface area contributed by atoms with Crippen LogP contribution in [-0.2, 0) is 57.5 Å². The van der Waals surface area contributed by atoms with Crippen molar-refractivity contribution in [2.75, 3.05) is 69.0 Å². The highest BCUT2D eigenvalue weighted by Crippen LogP contribution is 2.33. The average molecular weight is 1470 g/mol. The van der Waals surface area contributed by atoms with Gasteiger partial charge in [-0.1, -0.05) is 126 Å². The summed E-state index contributed by atoms with van der Waals surface area (Å²) in [5.41, 5.74) is 0. The van der Waals surface area contributed by atoms with Crippen molar-refractivity contribution in [3.63, 3.8) is 0 Å². The van der Waals surface area contributed by atoms with Crippen molar-refractivity contribution in [2.45, 2.75) is 296 Å². The van der Waals surface area contributed by atoms with E-state index >= 15 is 24.0 Å². The van der Waals surface area contributed by atoms with Crippen molar-refractivity contribution in [3.8, 4) is 0 Å². The Morgan fingerprint density at radius 3 is 1.49 bits per heavy atom. The summed E-state index contributed by atoms with van der Waals surface area (Å²) in [4.78, 5) is 189. The number of aliphatic hydroxyl groups excluding tert-OH is 2. The van der Waals surface area contributed by atoms with Gasteiger partial charge in [-0.15, -0.1) is 0 Å². The van der Waals surface area contributed by atoms with Crippen LogP contribution in [0.25, 0.3) is 0 Å². The number of carbonyl (C=O) groups excluding carboxylic acids is 12. The number of carbonyl (C=O) groups is 12. The first-order valence-electron chi connectivity index (χ1n) is 37.9. The van der Waals surface area contributed by atoms with Crippen LogP contribution >= 0.6 is 0 Å². The van der Waals surface area contributed by atoms with Crippen molar-refractivity contribution in [2.24, 2.45) is 35.5 Å². The number of rotatable bonds is 18. The minimum absolute atomic E-state index is 0.0107. The maximum atomic E-state index is 15.6. The third-order valence-electron chi connectivity index (χ3n) is 21.7. The first-order valence-corrected chi connectivity index (χ1v) is 37.9. The van der Waals surface area contributed by atoms with E-state index in [0.29, 0.717) is 32.4 Å². The molecule has 29 heteroatoms. The molecule has 0 aromatic rings. The SMILES string of the molecule is CC[C@H](C)[C@H]1C(=O)N[C@@H]([C@@H](C)O)C(=O)N(C)CC(=O)N(C)[C@@H](CC(C)C)C(=O)N[C@H](C(=O)N2CCCCC2)CC(=O)N(C)[C@@H](C)C(=O)N[C@@H](CCCC(O)C(F)(F)F)C(=O)N(C)[C@@H](CC(C)C)C(=O)N(C)[C@@H](CC2CCCCC2)C(=O)N[C@@H](CC(C)C)C(=O)N(C)[C@@H](CC2CCCCC2)C(=O)N1C. The predicted molar refractivity (Wildman–Crippen MR) is 383 cm³/mol. The summed E-state index contributed by atoms with van der Waals surface area (Å²) >= 11 is 0. The molecule has 0 aromatic carbocycles. The minimum Gasteiger partial charge on any atom is -0.391 e. The number of halogens is 3. The lowest BCUT2D eigenvalue weighted by atomic mass is 9.83. The van der Waals surface area contributed by atoms with Gasteiger partial charge in [0.1, 0.15) is 66.5 Å². The highest BCUT2D eigenvalue weighted by molar-refractivity contribution is 6.00. The molecular formula is C74H127F3N12O14. The predicted octanol–water partition coefficient (Wildman–Crippen LogP) is 5.38. The fourth-order valence-corrected chi connectivity index (χ4v) is 14.8. The van der Waals surface area contributed by atoms with Crippen molar-refractivity contribution in [1.29, 1.82) is 0 Å². The van der Waals surface area contributed by atoms with Crippen LogP contribution < -0.4 is 21.3 Å². The molecule has 4 rings (SSSR count). The summed E-state index contributed by atoms with van der Waals surface area (Å²) < 4.78 is 41.4. The summed E-state index contributed by atoms with van der Waals surface area (Å²) in [7, 11) is 9.53. The summed E-state index contributed by atoms with van der Waals surface area (Å²) in [6.45, 7) is 17.0. The second kappa shape index (κ2) is 41.3. The molecule has 4 aliphatic rings. The molecule has 103 heavy (non-hydrogen) atoms. The number of nitrogens with one attached hydrogen (secondary N) is 4. The second-order valence-electron chi connectivity index (χ2n) is 31.4. The molecule has 0 radical (unpaired) electrons. The standard InChI is InChI=1S/C74H127F3N12O14/c1-18-47(8)63-67(97)81-62(49(10)90)73(103)82(11)43-61(93)84(13)55(38-45(4)5)65(95)80-54(70(100)89-35-26-21-27-36-89)42-60(92)83(12)48(9)64(94)78-52(33-28-34-59(91)74(75,76)77)68(98)86(15)57(39-46(6)7)71(101)85(14)56(40-50-29-22-19-23-30-50)66(96)79-53(37-44(2)3)69(99)87(16)58(72(102)88(63)17)41-51-31-24-20-25-32-51/h44-59,62-63,90-91H,18-43H2,1-17H3,(H,78,94)(H,79,96)(H,80,95)(H,81,97)/t47-,48-,49+,52-,53-,54-,55-,56-,57-,58-,59?,62-,63-/m0/s1. The third-order valence-corrected chi connectivity index (χ3v) is 21.7. The molecule has 26 nitrogen and oxygen atoms in total. The van der Waals surface area contributed by atoms with Gasteiger partial charge in [0.15, 0.2) is 0 Å². The number of likely N-dealkylation sites (tertiary alicyclic amines) is 1. The molecule has 12 amide bonds. The smallest absolute Gasteiger partial charge is 0.391 e. The van der Waals surface area contributed by atoms with Crippen LogP contribution in [0.15, 0.2) is 0 Å². The quantitative estimate of drug-likeness (QED) is 0.100. The number of piperidine rings is 1. The van der Waals surface area contributed by atoms with Crippen LogP contribution in [-0.4, -0.2) is 268 Å². The zero-order valence-electron chi connectivity index (χ0n) is 64.8. The molecule has 2 aliphatic heterocycles. The van der Waals surface area contributed by atoms with Crippen LogP contribution in [0.3, 0.4) is 0 Å². The zero-order chi connectivity index (χ0) is 77.7. The number of likely N-dealkylation sites (N-methyl/N-ethyl adjacent to an activating group) is 7. The number of aliphatic hydroxyl groups is 2. The van der Waals surface area contributed by atoms with Gasteiger partial charge in [-0.3, -0.25) is 57.5 Å². The van der Waals surface area contributed by atoms with Gasteiger partial charge in [-0.05, 0) is 120 Å². The van der Waals surface area contributed by atoms with E-state index in [1.165, 1.54) is 82.8 Å². The largest absolute Gasteiger partial charge is 0.414 e. The topological polar surface area (TPSA) is 319 Å². The Hall–Kier alpha value is -6.65. The van der Waals surface area contributed by atoms with E-state index in [1.54, 1.807) is 34.6 Å². The Morgan fingerprint density at radius 2 is 0.971 bits per heavy atom. The van der Waals surface area contributed by atoms with Crippen LogP contribution in [0.1, 0.15) is 217 Å². The van der Waals surface area contributed by atoms with Crippen molar-refractivity contribution in [1.82, 2.24) is 60.5 Å². The van der Waals surface area contributed by atoms with E-state index in [2.05, 4.69) is 21.3 Å². The molecule has 0 bridgehead atoms. The maximum absolute atomic E-state index is 15.6. The molecular weight excluding hydrogens is 1340 g/mol. The van der Waals surface area contributed by atoms with Gasteiger partial charge < -0.3 is 70.7 Å². The number of hydrogen-bond donors (Lipinski definition) is 6. The Labute approximate surface area is 610 Å². The molecule has 2 saturated heterocycles. The Bertz CT molecular complexity index is 2850. The summed E-state index contributed by atoms with van der Waals surface area (Å²) in [5.74, 6) is -10.7. The van der Waals surface area contributed by atoms with Crippen LogP contribution in [0, 0.1) is 35.5 Å². The average Bonchev–Trinajstić information content (AvgIpc) is 0.808. The molecule has 4 fully saturated rings. The normalized spacial score (nSPS) is 27.7. The molecule has 0 spiro atoms. The molecule has 2 aliphatic carbocycles. The molecule has 1 unspecified atom stereocenters. The van der Waals surface area contributed by atoms with Gasteiger partial charge in [0.05, 0.1) is 19.1 Å². The lowest BCUT2D eigenvalue weighted by Crippen LogP contribution is -2.62. The summed E-state index contributed by atoms with van der Waals surface area (Å²) in [6.07, 6.45) is -0.680. The minimum atomic E-state index is -5.02. The Balaban J connectivity index is 1.98. The first-order chi connectivity index (χ1) is 48.1. The lowest BCUT2D eigenvalue weighted by Gasteiger charge is -2.40. The van der Waals surface area contributed by atoms with E-state index in [1.807, 2.05) is 20.8 Å². The van der Waals surface area contributed by atoms with Gasteiger partial charge in [0.2, 0.25) is 70.9 Å². The van der Waals surface area contributed by atoms with Crippen LogP contribution in [0.5, 0.6) is 0 Å². The van der Waals surface area contributed by atoms with Crippen molar-refractivity contribution < 1.29 is 80.9 Å². The van der Waals surface area contributed by atoms with Gasteiger partial charge >= 0.3 is 6.18 Å². The van der Waals surface area contributed by atoms with E-state index < -0.39 is 188 Å². The van der Waals surface area contributed by atoms with Crippen LogP contribution in [0.4, 0.5) is 13.2 Å². The van der Waals surface area contributed by atoms with Gasteiger partial charge in [-0.25, -0.2) is 0 Å². The highest BCUT2D eigenvalue weighted by atomic mass is 19.4. The molecule has 6 N–H and O–H groups in total.